The second-order valence-electron chi connectivity index (χ2n) is 2.66. The van der Waals surface area contributed by atoms with Gasteiger partial charge in [-0.3, -0.25) is 14.9 Å². The van der Waals surface area contributed by atoms with E-state index in [1.54, 1.807) is 0 Å². The molecule has 1 aromatic heterocycles. The molecule has 0 saturated heterocycles. The third-order valence-electron chi connectivity index (χ3n) is 1.77. The van der Waals surface area contributed by atoms with E-state index in [4.69, 9.17) is 4.84 Å². The Bertz CT molecular complexity index is 437. The summed E-state index contributed by atoms with van der Waals surface area (Å²) in [6.45, 7) is 2.79. The average Bonchev–Trinajstić information content (AvgIpc) is 2.11. The molecule has 1 rings (SSSR count). The maximum atomic E-state index is 11.3. The van der Waals surface area contributed by atoms with Gasteiger partial charge in [-0.1, -0.05) is 4.85 Å². The summed E-state index contributed by atoms with van der Waals surface area (Å²) in [4.78, 5) is 26.9. The van der Waals surface area contributed by atoms with Crippen molar-refractivity contribution >= 4 is 5.69 Å². The number of aromatic nitrogens is 2. The van der Waals surface area contributed by atoms with Gasteiger partial charge in [0.15, 0.2) is 5.69 Å². The van der Waals surface area contributed by atoms with Crippen molar-refractivity contribution in [2.24, 2.45) is 0 Å². The first-order valence-corrected chi connectivity index (χ1v) is 3.78. The van der Waals surface area contributed by atoms with Crippen molar-refractivity contribution in [1.29, 1.82) is 0 Å². The first-order valence-electron chi connectivity index (χ1n) is 3.78. The molecule has 0 spiro atoms. The zero-order chi connectivity index (χ0) is 10.9. The Hall–Kier alpha value is -1.92. The molecule has 0 N–H and O–H groups in total. The fourth-order valence-corrected chi connectivity index (χ4v) is 1.08. The zero-order valence-corrected chi connectivity index (χ0v) is 7.97. The summed E-state index contributed by atoms with van der Waals surface area (Å²) in [7, 11) is 1.31. The molecule has 0 radical (unpaired) electrons. The highest BCUT2D eigenvalue weighted by Gasteiger charge is 2.22. The normalized spacial score (nSPS) is 9.93. The van der Waals surface area contributed by atoms with Crippen LogP contribution in [-0.4, -0.2) is 22.0 Å². The van der Waals surface area contributed by atoms with Crippen LogP contribution in [0, 0.1) is 24.0 Å². The van der Waals surface area contributed by atoms with Crippen molar-refractivity contribution in [2.75, 3.05) is 7.11 Å². The Kier molecular flexibility index (Phi) is 2.50. The van der Waals surface area contributed by atoms with Crippen molar-refractivity contribution in [1.82, 2.24) is 9.94 Å². The van der Waals surface area contributed by atoms with Crippen LogP contribution in [0.1, 0.15) is 11.4 Å². The fraction of sp³-hybridized carbons (Fsp3) is 0.429. The van der Waals surface area contributed by atoms with E-state index in [2.05, 4.69) is 5.10 Å². The number of aryl methyl sites for hydroxylation is 1. The summed E-state index contributed by atoms with van der Waals surface area (Å²) in [5.74, 6) is 0. The predicted octanol–water partition coefficient (Wildman–Crippen LogP) is -0.173. The molecule has 7 nitrogen and oxygen atoms in total. The van der Waals surface area contributed by atoms with Crippen molar-refractivity contribution in [3.63, 3.8) is 0 Å². The average molecular weight is 199 g/mol. The summed E-state index contributed by atoms with van der Waals surface area (Å²) < 4.78 is 0. The Balaban J connectivity index is 3.62. The van der Waals surface area contributed by atoms with Crippen LogP contribution in [0.3, 0.4) is 0 Å². The summed E-state index contributed by atoms with van der Waals surface area (Å²) in [6, 6.07) is 0. The second kappa shape index (κ2) is 3.44. The van der Waals surface area contributed by atoms with Crippen molar-refractivity contribution in [3.05, 3.63) is 31.7 Å². The molecule has 0 bridgehead atoms. The lowest BCUT2D eigenvalue weighted by Crippen LogP contribution is -2.24. The van der Waals surface area contributed by atoms with Crippen LogP contribution in [0.4, 0.5) is 5.69 Å². The Morgan fingerprint density at radius 1 is 1.50 bits per heavy atom. The van der Waals surface area contributed by atoms with Gasteiger partial charge in [-0.15, -0.1) is 5.10 Å². The monoisotopic (exact) mass is 199 g/mol. The lowest BCUT2D eigenvalue weighted by molar-refractivity contribution is -0.387. The summed E-state index contributed by atoms with van der Waals surface area (Å²) in [5, 5.41) is 14.3. The van der Waals surface area contributed by atoms with Gasteiger partial charge in [0.1, 0.15) is 12.8 Å². The van der Waals surface area contributed by atoms with E-state index < -0.39 is 16.0 Å². The molecule has 7 heteroatoms. The molecule has 0 saturated carbocycles. The number of hydrogen-bond acceptors (Lipinski definition) is 5. The lowest BCUT2D eigenvalue weighted by atomic mass is 10.3. The topological polar surface area (TPSA) is 87.3 Å². The fourth-order valence-electron chi connectivity index (χ4n) is 1.08. The van der Waals surface area contributed by atoms with Gasteiger partial charge in [-0.25, -0.2) is 0 Å². The van der Waals surface area contributed by atoms with Crippen LogP contribution in [-0.2, 0) is 0 Å². The third-order valence-corrected chi connectivity index (χ3v) is 1.77. The van der Waals surface area contributed by atoms with Crippen LogP contribution in [0.2, 0.25) is 0 Å². The lowest BCUT2D eigenvalue weighted by Gasteiger charge is -2.06. The number of rotatable bonds is 2. The molecule has 0 aliphatic rings. The van der Waals surface area contributed by atoms with E-state index in [-0.39, 0.29) is 11.4 Å². The third kappa shape index (κ3) is 1.43. The van der Waals surface area contributed by atoms with E-state index in [1.165, 1.54) is 21.0 Å². The molecule has 0 aliphatic heterocycles. The van der Waals surface area contributed by atoms with Crippen molar-refractivity contribution in [3.8, 4) is 0 Å². The summed E-state index contributed by atoms with van der Waals surface area (Å²) in [6.07, 6.45) is 0. The molecule has 0 aliphatic carbocycles. The minimum Gasteiger partial charge on any atom is -0.400 e. The Morgan fingerprint density at radius 3 is 2.50 bits per heavy atom. The molecule has 76 valence electrons. The minimum atomic E-state index is -0.734. The minimum absolute atomic E-state index is 0.0316. The summed E-state index contributed by atoms with van der Waals surface area (Å²) >= 11 is 0. The second-order valence-corrected chi connectivity index (χ2v) is 2.66. The molecule has 1 heterocycles. The Morgan fingerprint density at radius 2 is 2.07 bits per heavy atom. The molecule has 0 aromatic carbocycles. The van der Waals surface area contributed by atoms with Crippen molar-refractivity contribution in [2.45, 2.75) is 13.8 Å². The Labute approximate surface area is 79.0 Å². The van der Waals surface area contributed by atoms with Gasteiger partial charge in [-0.2, -0.15) is 0 Å². The van der Waals surface area contributed by atoms with Gasteiger partial charge in [-0.05, 0) is 13.8 Å². The maximum absolute atomic E-state index is 11.3. The van der Waals surface area contributed by atoms with Gasteiger partial charge in [0.05, 0.1) is 4.92 Å². The molecule has 1 aromatic rings. The summed E-state index contributed by atoms with van der Waals surface area (Å²) in [5.41, 5.74) is -1.07. The molecule has 14 heavy (non-hydrogen) atoms. The van der Waals surface area contributed by atoms with Crippen LogP contribution in [0.5, 0.6) is 0 Å². The van der Waals surface area contributed by atoms with Crippen LogP contribution in [0.15, 0.2) is 4.79 Å². The van der Waals surface area contributed by atoms with Crippen LogP contribution >= 0.6 is 0 Å². The highest BCUT2D eigenvalue weighted by atomic mass is 16.7. The van der Waals surface area contributed by atoms with E-state index in [0.29, 0.717) is 0 Å². The smallest absolute Gasteiger partial charge is 0.342 e. The number of hydrogen-bond donors (Lipinski definition) is 0. The first kappa shape index (κ1) is 10.2. The quantitative estimate of drug-likeness (QED) is 0.487. The van der Waals surface area contributed by atoms with Crippen LogP contribution in [0.25, 0.3) is 0 Å². The maximum Gasteiger partial charge on any atom is 0.342 e. The molecule has 0 unspecified atom stereocenters. The molecule has 0 fully saturated rings. The van der Waals surface area contributed by atoms with Gasteiger partial charge in [0.2, 0.25) is 0 Å². The molecule has 0 atom stereocenters. The van der Waals surface area contributed by atoms with Gasteiger partial charge in [0.25, 0.3) is 5.43 Å². The van der Waals surface area contributed by atoms with Crippen LogP contribution < -0.4 is 10.3 Å². The highest BCUT2D eigenvalue weighted by molar-refractivity contribution is 5.34. The predicted molar refractivity (Wildman–Crippen MR) is 47.1 cm³/mol. The zero-order valence-electron chi connectivity index (χ0n) is 7.97. The SMILES string of the molecule is COn1nc(C)c(=O)c([N+](=O)[O-])c1C. The first-order chi connectivity index (χ1) is 6.49. The van der Waals surface area contributed by atoms with E-state index in [0.717, 1.165) is 4.85 Å². The van der Waals surface area contributed by atoms with Crippen molar-refractivity contribution < 1.29 is 9.76 Å². The van der Waals surface area contributed by atoms with E-state index >= 15 is 0 Å². The van der Waals surface area contributed by atoms with E-state index in [1.807, 2.05) is 0 Å². The van der Waals surface area contributed by atoms with Gasteiger partial charge < -0.3 is 4.84 Å². The van der Waals surface area contributed by atoms with Gasteiger partial charge >= 0.3 is 5.69 Å². The molecular formula is C7H9N3O4. The highest BCUT2D eigenvalue weighted by Crippen LogP contribution is 2.09. The van der Waals surface area contributed by atoms with Gasteiger partial charge in [0, 0.05) is 0 Å². The number of nitro groups is 1. The largest absolute Gasteiger partial charge is 0.400 e. The number of nitrogens with zero attached hydrogens (tertiary/aromatic N) is 3. The molecular weight excluding hydrogens is 190 g/mol. The standard InChI is InChI=1S/C7H9N3O4/c1-4-7(11)6(10(12)13)5(2)9(8-4)14-3/h1-3H3. The molecule has 0 amide bonds. The van der Waals surface area contributed by atoms with E-state index in [9.17, 15) is 14.9 Å².